The summed E-state index contributed by atoms with van der Waals surface area (Å²) >= 11 is 0. The minimum Gasteiger partial charge on any atom is -0.338 e. The van der Waals surface area contributed by atoms with E-state index in [1.54, 1.807) is 0 Å². The fourth-order valence-corrected chi connectivity index (χ4v) is 1.57. The third kappa shape index (κ3) is 1.84. The lowest BCUT2D eigenvalue weighted by molar-refractivity contribution is 0.329. The van der Waals surface area contributed by atoms with Gasteiger partial charge in [-0.05, 0) is 19.4 Å². The molecule has 0 aliphatic rings. The molecule has 84 valence electrons. The van der Waals surface area contributed by atoms with E-state index in [0.717, 1.165) is 5.56 Å². The van der Waals surface area contributed by atoms with Crippen molar-refractivity contribution in [2.24, 2.45) is 5.73 Å². The number of hydrogen-bond acceptors (Lipinski definition) is 4. The number of rotatable bonds is 3. The predicted molar refractivity (Wildman–Crippen MR) is 60.8 cm³/mol. The lowest BCUT2D eigenvalue weighted by Gasteiger charge is -2.19. The number of nitrogens with two attached hydrogens (primary N) is 1. The first-order valence-electron chi connectivity index (χ1n) is 5.23. The highest BCUT2D eigenvalue weighted by Crippen LogP contribution is 2.29. The number of benzene rings is 1. The van der Waals surface area contributed by atoms with Crippen LogP contribution in [0.5, 0.6) is 0 Å². The molecule has 0 amide bonds. The molecule has 0 fully saturated rings. The SMILES string of the molecule is CC(C)(c1ccccc1)c1nc(CN)no1. The van der Waals surface area contributed by atoms with Crippen LogP contribution in [0.1, 0.15) is 31.1 Å². The normalized spacial score (nSPS) is 11.7. The Hall–Kier alpha value is -1.68. The van der Waals surface area contributed by atoms with Crippen LogP contribution in [0.15, 0.2) is 34.9 Å². The van der Waals surface area contributed by atoms with E-state index in [9.17, 15) is 0 Å². The van der Waals surface area contributed by atoms with Gasteiger partial charge in [-0.25, -0.2) is 0 Å². The van der Waals surface area contributed by atoms with Crippen LogP contribution >= 0.6 is 0 Å². The van der Waals surface area contributed by atoms with Crippen LogP contribution in [0.25, 0.3) is 0 Å². The van der Waals surface area contributed by atoms with Crippen LogP contribution in [-0.2, 0) is 12.0 Å². The monoisotopic (exact) mass is 217 g/mol. The molecule has 2 aromatic rings. The third-order valence-corrected chi connectivity index (χ3v) is 2.68. The molecule has 1 aromatic heterocycles. The molecule has 0 saturated carbocycles. The fraction of sp³-hybridized carbons (Fsp3) is 0.333. The van der Waals surface area contributed by atoms with Gasteiger partial charge in [0.15, 0.2) is 5.82 Å². The Morgan fingerprint density at radius 2 is 1.94 bits per heavy atom. The summed E-state index contributed by atoms with van der Waals surface area (Å²) in [5, 5.41) is 3.82. The maximum Gasteiger partial charge on any atom is 0.236 e. The molecule has 4 nitrogen and oxygen atoms in total. The summed E-state index contributed by atoms with van der Waals surface area (Å²) in [7, 11) is 0. The van der Waals surface area contributed by atoms with Crippen molar-refractivity contribution in [3.05, 3.63) is 47.6 Å². The van der Waals surface area contributed by atoms with Gasteiger partial charge in [0, 0.05) is 0 Å². The molecule has 0 bridgehead atoms. The van der Waals surface area contributed by atoms with Crippen LogP contribution in [0.4, 0.5) is 0 Å². The third-order valence-electron chi connectivity index (χ3n) is 2.68. The lowest BCUT2D eigenvalue weighted by Crippen LogP contribution is -2.19. The van der Waals surface area contributed by atoms with E-state index in [4.69, 9.17) is 10.3 Å². The molecular formula is C12H15N3O. The van der Waals surface area contributed by atoms with Crippen molar-refractivity contribution >= 4 is 0 Å². The molecule has 0 radical (unpaired) electrons. The van der Waals surface area contributed by atoms with E-state index in [1.807, 2.05) is 30.3 Å². The van der Waals surface area contributed by atoms with Gasteiger partial charge in [-0.3, -0.25) is 0 Å². The quantitative estimate of drug-likeness (QED) is 0.852. The molecule has 0 spiro atoms. The summed E-state index contributed by atoms with van der Waals surface area (Å²) in [4.78, 5) is 4.27. The molecule has 1 heterocycles. The Bertz CT molecular complexity index is 462. The van der Waals surface area contributed by atoms with Gasteiger partial charge in [0.05, 0.1) is 12.0 Å². The first-order chi connectivity index (χ1) is 7.64. The first kappa shape index (κ1) is 10.8. The van der Waals surface area contributed by atoms with Crippen LogP contribution < -0.4 is 5.73 Å². The highest BCUT2D eigenvalue weighted by Gasteiger charge is 2.29. The van der Waals surface area contributed by atoms with Gasteiger partial charge in [-0.15, -0.1) is 0 Å². The summed E-state index contributed by atoms with van der Waals surface area (Å²) in [5.74, 6) is 1.14. The van der Waals surface area contributed by atoms with Gasteiger partial charge in [-0.2, -0.15) is 4.98 Å². The highest BCUT2D eigenvalue weighted by molar-refractivity contribution is 5.29. The van der Waals surface area contributed by atoms with E-state index in [2.05, 4.69) is 24.0 Å². The van der Waals surface area contributed by atoms with Gasteiger partial charge in [-0.1, -0.05) is 35.5 Å². The summed E-state index contributed by atoms with van der Waals surface area (Å²) in [6, 6.07) is 10.1. The molecule has 0 saturated heterocycles. The second-order valence-corrected chi connectivity index (χ2v) is 4.21. The van der Waals surface area contributed by atoms with Crippen molar-refractivity contribution < 1.29 is 4.52 Å². The van der Waals surface area contributed by atoms with Gasteiger partial charge < -0.3 is 10.3 Å². The van der Waals surface area contributed by atoms with Crippen molar-refractivity contribution in [3.63, 3.8) is 0 Å². The van der Waals surface area contributed by atoms with E-state index in [-0.39, 0.29) is 5.41 Å². The Labute approximate surface area is 94.5 Å². The molecule has 0 aliphatic heterocycles. The summed E-state index contributed by atoms with van der Waals surface area (Å²) < 4.78 is 5.23. The average Bonchev–Trinajstić information content (AvgIpc) is 2.79. The minimum atomic E-state index is -0.290. The van der Waals surface area contributed by atoms with Crippen LogP contribution in [0.3, 0.4) is 0 Å². The average molecular weight is 217 g/mol. The first-order valence-corrected chi connectivity index (χ1v) is 5.23. The van der Waals surface area contributed by atoms with Crippen LogP contribution in [0.2, 0.25) is 0 Å². The maximum atomic E-state index is 5.46. The molecule has 2 rings (SSSR count). The Morgan fingerprint density at radius 3 is 2.50 bits per heavy atom. The van der Waals surface area contributed by atoms with E-state index >= 15 is 0 Å². The van der Waals surface area contributed by atoms with Gasteiger partial charge >= 0.3 is 0 Å². The van der Waals surface area contributed by atoms with Crippen molar-refractivity contribution in [2.45, 2.75) is 25.8 Å². The van der Waals surface area contributed by atoms with Crippen molar-refractivity contribution in [2.75, 3.05) is 0 Å². The molecule has 0 aliphatic carbocycles. The summed E-state index contributed by atoms with van der Waals surface area (Å²) in [6.45, 7) is 4.40. The van der Waals surface area contributed by atoms with Crippen LogP contribution in [0, 0.1) is 0 Å². The van der Waals surface area contributed by atoms with E-state index < -0.39 is 0 Å². The Morgan fingerprint density at radius 1 is 1.25 bits per heavy atom. The van der Waals surface area contributed by atoms with Crippen molar-refractivity contribution in [3.8, 4) is 0 Å². The lowest BCUT2D eigenvalue weighted by atomic mass is 9.84. The van der Waals surface area contributed by atoms with Crippen molar-refractivity contribution in [1.29, 1.82) is 0 Å². The highest BCUT2D eigenvalue weighted by atomic mass is 16.5. The van der Waals surface area contributed by atoms with E-state index in [1.165, 1.54) is 0 Å². The van der Waals surface area contributed by atoms with Gasteiger partial charge in [0.25, 0.3) is 0 Å². The number of nitrogens with zero attached hydrogens (tertiary/aromatic N) is 2. The Balaban J connectivity index is 2.38. The molecule has 16 heavy (non-hydrogen) atoms. The van der Waals surface area contributed by atoms with E-state index in [0.29, 0.717) is 18.3 Å². The molecule has 2 N–H and O–H groups in total. The zero-order valence-electron chi connectivity index (χ0n) is 9.47. The molecule has 0 atom stereocenters. The second kappa shape index (κ2) is 4.06. The predicted octanol–water partition coefficient (Wildman–Crippen LogP) is 1.85. The van der Waals surface area contributed by atoms with Crippen LogP contribution in [-0.4, -0.2) is 10.1 Å². The second-order valence-electron chi connectivity index (χ2n) is 4.21. The number of aromatic nitrogens is 2. The zero-order chi connectivity index (χ0) is 11.6. The molecule has 4 heteroatoms. The fourth-order valence-electron chi connectivity index (χ4n) is 1.57. The Kier molecular flexibility index (Phi) is 2.75. The summed E-state index contributed by atoms with van der Waals surface area (Å²) in [5.41, 5.74) is 6.31. The van der Waals surface area contributed by atoms with Gasteiger partial charge in [0.2, 0.25) is 5.89 Å². The zero-order valence-corrected chi connectivity index (χ0v) is 9.47. The minimum absolute atomic E-state index is 0.290. The molecular weight excluding hydrogens is 202 g/mol. The molecule has 0 unspecified atom stereocenters. The van der Waals surface area contributed by atoms with Gasteiger partial charge in [0.1, 0.15) is 0 Å². The standard InChI is InChI=1S/C12H15N3O/c1-12(2,9-6-4-3-5-7-9)11-14-10(8-13)15-16-11/h3-7H,8,13H2,1-2H3. The number of hydrogen-bond donors (Lipinski definition) is 1. The maximum absolute atomic E-state index is 5.46. The topological polar surface area (TPSA) is 64.9 Å². The largest absolute Gasteiger partial charge is 0.338 e. The van der Waals surface area contributed by atoms with Crippen molar-refractivity contribution in [1.82, 2.24) is 10.1 Å². The molecule has 1 aromatic carbocycles. The smallest absolute Gasteiger partial charge is 0.236 e. The summed E-state index contributed by atoms with van der Waals surface area (Å²) in [6.07, 6.45) is 0.